The zero-order valence-electron chi connectivity index (χ0n) is 29.1. The highest BCUT2D eigenvalue weighted by Crippen LogP contribution is 2.27. The predicted octanol–water partition coefficient (Wildman–Crippen LogP) is -0.236. The molecule has 0 aliphatic heterocycles. The zero-order chi connectivity index (χ0) is 38.1. The molecule has 0 saturated heterocycles. The summed E-state index contributed by atoms with van der Waals surface area (Å²) in [5.41, 5.74) is 5.64. The normalized spacial score (nSPS) is 17.0. The van der Waals surface area contributed by atoms with E-state index in [4.69, 9.17) is 10.8 Å². The molecule has 0 aromatic rings. The molecule has 5 amide bonds. The summed E-state index contributed by atoms with van der Waals surface area (Å²) in [4.78, 5) is 100. The van der Waals surface area contributed by atoms with Crippen molar-refractivity contribution in [1.29, 1.82) is 0 Å². The largest absolute Gasteiger partial charge is 0.481 e. The van der Waals surface area contributed by atoms with Gasteiger partial charge in [0.2, 0.25) is 29.5 Å². The van der Waals surface area contributed by atoms with Crippen LogP contribution in [-0.4, -0.2) is 105 Å². The Morgan fingerprint density at radius 2 is 1.20 bits per heavy atom. The number of carboxylic acids is 3. The van der Waals surface area contributed by atoms with Crippen LogP contribution in [0.15, 0.2) is 0 Å². The first-order valence-electron chi connectivity index (χ1n) is 16.9. The molecule has 284 valence electrons. The molecule has 1 aliphatic carbocycles. The number of hydrogen-bond acceptors (Lipinski definition) is 10. The van der Waals surface area contributed by atoms with Gasteiger partial charge in [0.15, 0.2) is 0 Å². The van der Waals surface area contributed by atoms with Crippen molar-refractivity contribution < 1.29 is 53.7 Å². The van der Waals surface area contributed by atoms with Gasteiger partial charge in [0.05, 0.1) is 12.5 Å². The molecule has 1 aliphatic rings. The summed E-state index contributed by atoms with van der Waals surface area (Å²) in [6.45, 7) is 6.78. The summed E-state index contributed by atoms with van der Waals surface area (Å²) in [6, 6.07) is -7.86. The van der Waals surface area contributed by atoms with Crippen molar-refractivity contribution in [1.82, 2.24) is 26.6 Å². The van der Waals surface area contributed by atoms with Crippen molar-refractivity contribution in [2.75, 3.05) is 5.75 Å². The first-order valence-corrected chi connectivity index (χ1v) is 17.5. The minimum Gasteiger partial charge on any atom is -0.481 e. The van der Waals surface area contributed by atoms with Gasteiger partial charge in [-0.2, -0.15) is 12.6 Å². The Kier molecular flexibility index (Phi) is 19.4. The van der Waals surface area contributed by atoms with Gasteiger partial charge in [0.25, 0.3) is 0 Å². The Balaban J connectivity index is 3.27. The van der Waals surface area contributed by atoms with E-state index in [0.717, 1.165) is 32.1 Å². The fraction of sp³-hybridized carbons (Fsp3) is 0.750. The van der Waals surface area contributed by atoms with Crippen molar-refractivity contribution in [2.24, 2.45) is 23.5 Å². The molecule has 0 radical (unpaired) electrons. The fourth-order valence-corrected chi connectivity index (χ4v) is 5.81. The maximum absolute atomic E-state index is 13.6. The number of hydrogen-bond donors (Lipinski definition) is 10. The Labute approximate surface area is 297 Å². The number of aliphatic carboxylic acids is 3. The molecule has 1 rings (SSSR count). The lowest BCUT2D eigenvalue weighted by atomic mass is 9.84. The van der Waals surface area contributed by atoms with Crippen LogP contribution in [-0.2, 0) is 38.4 Å². The zero-order valence-corrected chi connectivity index (χ0v) is 30.0. The Morgan fingerprint density at radius 1 is 0.680 bits per heavy atom. The molecule has 10 N–H and O–H groups in total. The minimum atomic E-state index is -1.46. The van der Waals surface area contributed by atoms with Crippen molar-refractivity contribution >= 4 is 60.1 Å². The molecule has 0 unspecified atom stereocenters. The molecule has 1 saturated carbocycles. The highest BCUT2D eigenvalue weighted by Gasteiger charge is 2.35. The fourth-order valence-electron chi connectivity index (χ4n) is 5.57. The first kappa shape index (κ1) is 44.1. The third-order valence-electron chi connectivity index (χ3n) is 8.32. The Morgan fingerprint density at radius 3 is 1.70 bits per heavy atom. The SMILES string of the molecule is CC(C)C[C@H](NC(=O)[C@H](NC(=O)[C@@H](N)CC(=O)O)C(C)C)C(=O)N[C@@H](CCC(=O)O)C(=O)N[C@@H](CC1CCCCC1)C(=O)N[C@@H](CS)C(=O)O. The van der Waals surface area contributed by atoms with E-state index in [1.54, 1.807) is 27.7 Å². The second kappa shape index (κ2) is 22.0. The van der Waals surface area contributed by atoms with Crippen LogP contribution in [0.4, 0.5) is 0 Å². The Bertz CT molecular complexity index is 1210. The van der Waals surface area contributed by atoms with Gasteiger partial charge in [-0.3, -0.25) is 33.6 Å². The van der Waals surface area contributed by atoms with E-state index in [1.165, 1.54) is 0 Å². The van der Waals surface area contributed by atoms with Gasteiger partial charge in [-0.1, -0.05) is 59.8 Å². The molecule has 0 aromatic carbocycles. The van der Waals surface area contributed by atoms with Crippen LogP contribution in [0, 0.1) is 17.8 Å². The van der Waals surface area contributed by atoms with Crippen LogP contribution in [0.5, 0.6) is 0 Å². The van der Waals surface area contributed by atoms with E-state index in [9.17, 15) is 48.6 Å². The van der Waals surface area contributed by atoms with Crippen LogP contribution in [0.2, 0.25) is 0 Å². The quantitative estimate of drug-likeness (QED) is 0.0647. The maximum atomic E-state index is 13.6. The standard InChI is InChI=1S/C32H54N6O11S/c1-16(2)12-21(36-31(47)26(17(3)4)38-27(43)19(33)14-25(41)42)29(45)34-20(10-11-24(39)40)28(44)35-22(13-18-8-6-5-7-9-18)30(46)37-23(15-50)32(48)49/h16-23,26,50H,5-15,33H2,1-4H3,(H,34,45)(H,35,44)(H,36,47)(H,37,46)(H,38,43)(H,39,40)(H,41,42)(H,48,49)/t19-,20-,21-,22-,23-,26+/m0/s1. The third-order valence-corrected chi connectivity index (χ3v) is 8.69. The van der Waals surface area contributed by atoms with Gasteiger partial charge in [-0.05, 0) is 37.0 Å². The molecule has 0 heterocycles. The van der Waals surface area contributed by atoms with Crippen LogP contribution in [0.3, 0.4) is 0 Å². The Hall–Kier alpha value is -3.93. The average Bonchev–Trinajstić information content (AvgIpc) is 3.02. The third kappa shape index (κ3) is 16.2. The van der Waals surface area contributed by atoms with Gasteiger partial charge in [0, 0.05) is 12.2 Å². The monoisotopic (exact) mass is 730 g/mol. The number of nitrogens with one attached hydrogen (secondary N) is 5. The topological polar surface area (TPSA) is 283 Å². The number of nitrogens with two attached hydrogens (primary N) is 1. The molecular weight excluding hydrogens is 676 g/mol. The van der Waals surface area contributed by atoms with Crippen LogP contribution < -0.4 is 32.3 Å². The smallest absolute Gasteiger partial charge is 0.327 e. The van der Waals surface area contributed by atoms with E-state index in [0.29, 0.717) is 0 Å². The summed E-state index contributed by atoms with van der Waals surface area (Å²) >= 11 is 3.98. The maximum Gasteiger partial charge on any atom is 0.327 e. The summed E-state index contributed by atoms with van der Waals surface area (Å²) in [5, 5.41) is 40.2. The van der Waals surface area contributed by atoms with E-state index in [1.807, 2.05) is 0 Å². The molecule has 0 aromatic heterocycles. The van der Waals surface area contributed by atoms with Crippen LogP contribution >= 0.6 is 12.6 Å². The lowest BCUT2D eigenvalue weighted by Crippen LogP contribution is -2.60. The van der Waals surface area contributed by atoms with Gasteiger partial charge in [-0.15, -0.1) is 0 Å². The summed E-state index contributed by atoms with van der Waals surface area (Å²) in [6.07, 6.45) is 3.19. The van der Waals surface area contributed by atoms with E-state index < -0.39 is 102 Å². The number of carboxylic acid groups (broad SMARTS) is 3. The van der Waals surface area contributed by atoms with Gasteiger partial charge >= 0.3 is 17.9 Å². The molecule has 50 heavy (non-hydrogen) atoms. The summed E-state index contributed by atoms with van der Waals surface area (Å²) in [7, 11) is 0. The number of thiol groups is 1. The number of amides is 5. The number of carbonyl (C=O) groups is 8. The van der Waals surface area contributed by atoms with Crippen molar-refractivity contribution in [2.45, 2.75) is 128 Å². The van der Waals surface area contributed by atoms with Crippen LogP contribution in [0.25, 0.3) is 0 Å². The summed E-state index contributed by atoms with van der Waals surface area (Å²) < 4.78 is 0. The predicted molar refractivity (Wildman–Crippen MR) is 184 cm³/mol. The molecular formula is C32H54N6O11S. The molecule has 18 heteroatoms. The molecule has 0 bridgehead atoms. The average molecular weight is 731 g/mol. The van der Waals surface area contributed by atoms with Gasteiger partial charge in [-0.25, -0.2) is 4.79 Å². The molecule has 17 nitrogen and oxygen atoms in total. The lowest BCUT2D eigenvalue weighted by molar-refractivity contribution is -0.141. The second-order valence-electron chi connectivity index (χ2n) is 13.5. The highest BCUT2D eigenvalue weighted by atomic mass is 32.1. The minimum absolute atomic E-state index is 0.0600. The van der Waals surface area contributed by atoms with Gasteiger partial charge < -0.3 is 47.6 Å². The van der Waals surface area contributed by atoms with Crippen LogP contribution in [0.1, 0.15) is 91.9 Å². The highest BCUT2D eigenvalue weighted by molar-refractivity contribution is 7.80. The van der Waals surface area contributed by atoms with Crippen molar-refractivity contribution in [3.05, 3.63) is 0 Å². The molecule has 0 spiro atoms. The first-order chi connectivity index (χ1) is 23.4. The van der Waals surface area contributed by atoms with Gasteiger partial charge in [0.1, 0.15) is 30.2 Å². The van der Waals surface area contributed by atoms with E-state index in [2.05, 4.69) is 39.2 Å². The lowest BCUT2D eigenvalue weighted by Gasteiger charge is -2.30. The number of carbonyl (C=O) groups excluding carboxylic acids is 5. The van der Waals surface area contributed by atoms with Crippen molar-refractivity contribution in [3.63, 3.8) is 0 Å². The van der Waals surface area contributed by atoms with E-state index >= 15 is 0 Å². The molecule has 1 fully saturated rings. The number of rotatable bonds is 22. The summed E-state index contributed by atoms with van der Waals surface area (Å²) in [5.74, 6) is -8.82. The molecule has 6 atom stereocenters. The van der Waals surface area contributed by atoms with Crippen molar-refractivity contribution in [3.8, 4) is 0 Å². The van der Waals surface area contributed by atoms with E-state index in [-0.39, 0.29) is 36.9 Å². The second-order valence-corrected chi connectivity index (χ2v) is 13.9.